The Morgan fingerprint density at radius 1 is 1.64 bits per heavy atom. The van der Waals surface area contributed by atoms with Gasteiger partial charge in [0, 0.05) is 25.0 Å². The average molecular weight is 195 g/mol. The fourth-order valence-electron chi connectivity index (χ4n) is 1.36. The maximum Gasteiger partial charge on any atom is 0.157 e. The van der Waals surface area contributed by atoms with Crippen LogP contribution < -0.4 is 10.1 Å². The molecule has 1 aromatic heterocycles. The molecule has 1 aliphatic rings. The van der Waals surface area contributed by atoms with E-state index < -0.39 is 0 Å². The van der Waals surface area contributed by atoms with Gasteiger partial charge in [0.15, 0.2) is 5.75 Å². The van der Waals surface area contributed by atoms with Gasteiger partial charge in [-0.1, -0.05) is 0 Å². The summed E-state index contributed by atoms with van der Waals surface area (Å²) in [5, 5.41) is 7.43. The second-order valence-corrected chi connectivity index (χ2v) is 4.09. The maximum absolute atomic E-state index is 5.62. The first-order chi connectivity index (χ1) is 6.75. The second-order valence-electron chi connectivity index (χ2n) is 4.09. The van der Waals surface area contributed by atoms with Gasteiger partial charge in [0.2, 0.25) is 0 Å². The quantitative estimate of drug-likeness (QED) is 0.781. The molecule has 4 heteroatoms. The van der Waals surface area contributed by atoms with Gasteiger partial charge in [-0.25, -0.2) is 0 Å². The molecule has 0 aromatic carbocycles. The van der Waals surface area contributed by atoms with Crippen molar-refractivity contribution in [1.82, 2.24) is 15.1 Å². The molecule has 14 heavy (non-hydrogen) atoms. The Bertz CT molecular complexity index is 291. The van der Waals surface area contributed by atoms with Gasteiger partial charge in [-0.15, -0.1) is 0 Å². The first-order valence-electron chi connectivity index (χ1n) is 5.13. The summed E-state index contributed by atoms with van der Waals surface area (Å²) in [6.45, 7) is 7.17. The Morgan fingerprint density at radius 2 is 2.43 bits per heavy atom. The Labute approximate surface area is 84.3 Å². The summed E-state index contributed by atoms with van der Waals surface area (Å²) in [5.74, 6) is 1.56. The van der Waals surface area contributed by atoms with Crippen molar-refractivity contribution in [3.8, 4) is 5.75 Å². The zero-order chi connectivity index (χ0) is 9.97. The van der Waals surface area contributed by atoms with E-state index in [1.54, 1.807) is 6.20 Å². The van der Waals surface area contributed by atoms with Crippen molar-refractivity contribution < 1.29 is 4.74 Å². The lowest BCUT2D eigenvalue weighted by Gasteiger charge is -2.26. The number of ether oxygens (including phenoxy) is 1. The number of rotatable bonds is 4. The van der Waals surface area contributed by atoms with E-state index in [9.17, 15) is 0 Å². The third-order valence-electron chi connectivity index (χ3n) is 2.46. The lowest BCUT2D eigenvalue weighted by atomic mass is 10.1. The van der Waals surface area contributed by atoms with Crippen molar-refractivity contribution in [2.24, 2.45) is 5.92 Å². The lowest BCUT2D eigenvalue weighted by molar-refractivity contribution is 0.199. The van der Waals surface area contributed by atoms with Crippen LogP contribution in [-0.2, 0) is 0 Å². The summed E-state index contributed by atoms with van der Waals surface area (Å²) in [6, 6.07) is 0.401. The van der Waals surface area contributed by atoms with E-state index >= 15 is 0 Å². The van der Waals surface area contributed by atoms with Crippen LogP contribution in [0.4, 0.5) is 0 Å². The normalized spacial score (nSPS) is 17.1. The Kier molecular flexibility index (Phi) is 2.72. The third-order valence-corrected chi connectivity index (χ3v) is 2.46. The van der Waals surface area contributed by atoms with Gasteiger partial charge in [0.1, 0.15) is 0 Å². The number of nitrogens with one attached hydrogen (secondary N) is 1. The van der Waals surface area contributed by atoms with Crippen LogP contribution in [0.15, 0.2) is 12.4 Å². The second kappa shape index (κ2) is 4.00. The molecule has 1 saturated heterocycles. The van der Waals surface area contributed by atoms with E-state index in [0.717, 1.165) is 25.4 Å². The molecule has 0 aliphatic carbocycles. The van der Waals surface area contributed by atoms with Gasteiger partial charge in [-0.3, -0.25) is 4.68 Å². The highest BCUT2D eigenvalue weighted by Gasteiger charge is 2.17. The summed E-state index contributed by atoms with van der Waals surface area (Å²) in [7, 11) is 0. The van der Waals surface area contributed by atoms with E-state index in [1.807, 2.05) is 10.9 Å². The van der Waals surface area contributed by atoms with E-state index in [4.69, 9.17) is 4.74 Å². The molecule has 0 atom stereocenters. The summed E-state index contributed by atoms with van der Waals surface area (Å²) in [5.41, 5.74) is 0. The van der Waals surface area contributed by atoms with Gasteiger partial charge in [0.25, 0.3) is 0 Å². The number of hydrogen-bond donors (Lipinski definition) is 1. The van der Waals surface area contributed by atoms with Crippen molar-refractivity contribution in [2.45, 2.75) is 19.9 Å². The monoisotopic (exact) mass is 195 g/mol. The molecular formula is C10H17N3O. The first-order valence-corrected chi connectivity index (χ1v) is 5.13. The highest BCUT2D eigenvalue weighted by molar-refractivity contribution is 5.12. The van der Waals surface area contributed by atoms with Crippen molar-refractivity contribution >= 4 is 0 Å². The maximum atomic E-state index is 5.62. The van der Waals surface area contributed by atoms with Gasteiger partial charge in [-0.05, 0) is 13.8 Å². The first kappa shape index (κ1) is 9.52. The van der Waals surface area contributed by atoms with Crippen molar-refractivity contribution in [3.63, 3.8) is 0 Å². The van der Waals surface area contributed by atoms with Gasteiger partial charge >= 0.3 is 0 Å². The standard InChI is InChI=1S/C10H17N3O/c1-8(2)13-6-10(5-12-13)14-7-9-3-11-4-9/h5-6,8-9,11H,3-4,7H2,1-2H3. The predicted octanol–water partition coefficient (Wildman–Crippen LogP) is 1.06. The van der Waals surface area contributed by atoms with E-state index in [2.05, 4.69) is 24.3 Å². The summed E-state index contributed by atoms with van der Waals surface area (Å²) >= 11 is 0. The average Bonchev–Trinajstić information content (AvgIpc) is 2.50. The number of nitrogens with zero attached hydrogens (tertiary/aromatic N) is 2. The number of aromatic nitrogens is 2. The zero-order valence-corrected chi connectivity index (χ0v) is 8.73. The van der Waals surface area contributed by atoms with Crippen LogP contribution >= 0.6 is 0 Å². The Hall–Kier alpha value is -1.03. The van der Waals surface area contributed by atoms with Gasteiger partial charge < -0.3 is 10.1 Å². The number of hydrogen-bond acceptors (Lipinski definition) is 3. The topological polar surface area (TPSA) is 39.1 Å². The van der Waals surface area contributed by atoms with E-state index in [0.29, 0.717) is 12.0 Å². The fourth-order valence-corrected chi connectivity index (χ4v) is 1.36. The van der Waals surface area contributed by atoms with Crippen molar-refractivity contribution in [2.75, 3.05) is 19.7 Å². The van der Waals surface area contributed by atoms with Crippen LogP contribution in [-0.4, -0.2) is 29.5 Å². The lowest BCUT2D eigenvalue weighted by Crippen LogP contribution is -2.45. The molecule has 2 rings (SSSR count). The molecule has 1 fully saturated rings. The highest BCUT2D eigenvalue weighted by atomic mass is 16.5. The molecule has 0 unspecified atom stereocenters. The van der Waals surface area contributed by atoms with Crippen LogP contribution in [0.5, 0.6) is 5.75 Å². The molecule has 1 aromatic rings. The van der Waals surface area contributed by atoms with Crippen molar-refractivity contribution in [3.05, 3.63) is 12.4 Å². The summed E-state index contributed by atoms with van der Waals surface area (Å²) in [6.07, 6.45) is 3.74. The van der Waals surface area contributed by atoms with E-state index in [1.165, 1.54) is 0 Å². The van der Waals surface area contributed by atoms with Gasteiger partial charge in [-0.2, -0.15) is 5.10 Å². The summed E-state index contributed by atoms with van der Waals surface area (Å²) in [4.78, 5) is 0. The van der Waals surface area contributed by atoms with Crippen molar-refractivity contribution in [1.29, 1.82) is 0 Å². The largest absolute Gasteiger partial charge is 0.490 e. The molecule has 0 spiro atoms. The molecule has 0 radical (unpaired) electrons. The minimum Gasteiger partial charge on any atom is -0.490 e. The Balaban J connectivity index is 1.83. The SMILES string of the molecule is CC(C)n1cc(OCC2CNC2)cn1. The van der Waals surface area contributed by atoms with Crippen LogP contribution in [0.2, 0.25) is 0 Å². The molecule has 0 bridgehead atoms. The minimum atomic E-state index is 0.401. The molecule has 2 heterocycles. The van der Waals surface area contributed by atoms with Crippen LogP contribution in [0.1, 0.15) is 19.9 Å². The molecule has 4 nitrogen and oxygen atoms in total. The molecule has 1 aliphatic heterocycles. The fraction of sp³-hybridized carbons (Fsp3) is 0.700. The zero-order valence-electron chi connectivity index (χ0n) is 8.73. The molecular weight excluding hydrogens is 178 g/mol. The molecule has 1 N–H and O–H groups in total. The predicted molar refractivity (Wildman–Crippen MR) is 54.5 cm³/mol. The molecule has 0 amide bonds. The molecule has 78 valence electrons. The Morgan fingerprint density at radius 3 is 2.93 bits per heavy atom. The van der Waals surface area contributed by atoms with Gasteiger partial charge in [0.05, 0.1) is 19.0 Å². The summed E-state index contributed by atoms with van der Waals surface area (Å²) < 4.78 is 7.53. The highest BCUT2D eigenvalue weighted by Crippen LogP contribution is 2.14. The van der Waals surface area contributed by atoms with Crippen LogP contribution in [0.3, 0.4) is 0 Å². The van der Waals surface area contributed by atoms with Crippen LogP contribution in [0.25, 0.3) is 0 Å². The third kappa shape index (κ3) is 2.07. The minimum absolute atomic E-state index is 0.401. The molecule has 0 saturated carbocycles. The van der Waals surface area contributed by atoms with Crippen LogP contribution in [0, 0.1) is 5.92 Å². The van der Waals surface area contributed by atoms with E-state index in [-0.39, 0.29) is 0 Å². The smallest absolute Gasteiger partial charge is 0.157 e.